The number of ether oxygens (including phenoxy) is 1. The minimum atomic E-state index is -1.02. The number of rotatable bonds is 12. The van der Waals surface area contributed by atoms with Gasteiger partial charge in [0.05, 0.1) is 19.1 Å². The SMILES string of the molecule is CC(C)CCOc1ccc(C(CC(=O)O)NC(=O)CCC(=O)Nc2ccc3c(c2)CNC3)cc1.Cl. The number of halogens is 1. The standard InChI is InChI=1S/C26H33N3O5.ClH/c1-17(2)11-12-34-22-7-4-18(5-8-22)23(14-26(32)33)29-25(31)10-9-24(30)28-21-6-3-19-15-27-16-20(19)13-21;/h3-8,13,17,23,27H,9-12,14-16H2,1-2H3,(H,28,30)(H,29,31)(H,32,33);1H. The summed E-state index contributed by atoms with van der Waals surface area (Å²) in [7, 11) is 0. The molecule has 2 aromatic carbocycles. The maximum Gasteiger partial charge on any atom is 0.305 e. The Bertz CT molecular complexity index is 1010. The summed E-state index contributed by atoms with van der Waals surface area (Å²) in [5.41, 5.74) is 3.75. The number of nitrogens with one attached hydrogen (secondary N) is 3. The predicted octanol–water partition coefficient (Wildman–Crippen LogP) is 4.19. The van der Waals surface area contributed by atoms with Gasteiger partial charge in [-0.1, -0.05) is 32.0 Å². The summed E-state index contributed by atoms with van der Waals surface area (Å²) in [4.78, 5) is 36.1. The van der Waals surface area contributed by atoms with Gasteiger partial charge in [-0.2, -0.15) is 0 Å². The second-order valence-electron chi connectivity index (χ2n) is 8.95. The van der Waals surface area contributed by atoms with Crippen molar-refractivity contribution < 1.29 is 24.2 Å². The van der Waals surface area contributed by atoms with Crippen molar-refractivity contribution in [3.63, 3.8) is 0 Å². The van der Waals surface area contributed by atoms with Crippen LogP contribution in [0.3, 0.4) is 0 Å². The Kier molecular flexibility index (Phi) is 11.0. The Labute approximate surface area is 212 Å². The molecular weight excluding hydrogens is 470 g/mol. The van der Waals surface area contributed by atoms with Crippen molar-refractivity contribution in [1.82, 2.24) is 10.6 Å². The monoisotopic (exact) mass is 503 g/mol. The van der Waals surface area contributed by atoms with Gasteiger partial charge in [0.25, 0.3) is 0 Å². The molecule has 0 saturated heterocycles. The van der Waals surface area contributed by atoms with Crippen LogP contribution in [-0.4, -0.2) is 29.5 Å². The third-order valence-corrected chi connectivity index (χ3v) is 5.66. The lowest BCUT2D eigenvalue weighted by molar-refractivity contribution is -0.138. The average Bonchev–Trinajstić information content (AvgIpc) is 3.25. The number of amides is 2. The lowest BCUT2D eigenvalue weighted by atomic mass is 10.0. The number of fused-ring (bicyclic) bond motifs is 1. The highest BCUT2D eigenvalue weighted by atomic mass is 35.5. The first-order valence-electron chi connectivity index (χ1n) is 11.7. The number of carbonyl (C=O) groups excluding carboxylic acids is 2. The molecule has 9 heteroatoms. The van der Waals surface area contributed by atoms with E-state index in [0.29, 0.717) is 29.5 Å². The second kappa shape index (κ2) is 13.7. The molecule has 1 aliphatic rings. The van der Waals surface area contributed by atoms with Crippen LogP contribution in [0.5, 0.6) is 5.75 Å². The van der Waals surface area contributed by atoms with Crippen LogP contribution in [0, 0.1) is 5.92 Å². The van der Waals surface area contributed by atoms with Crippen molar-refractivity contribution in [3.05, 3.63) is 59.2 Å². The Morgan fingerprint density at radius 3 is 2.37 bits per heavy atom. The summed E-state index contributed by atoms with van der Waals surface area (Å²) in [6.45, 7) is 6.46. The fourth-order valence-corrected chi connectivity index (χ4v) is 3.73. The molecule has 0 aliphatic carbocycles. The predicted molar refractivity (Wildman–Crippen MR) is 137 cm³/mol. The van der Waals surface area contributed by atoms with E-state index in [1.165, 1.54) is 5.56 Å². The molecule has 2 aromatic rings. The van der Waals surface area contributed by atoms with E-state index < -0.39 is 12.0 Å². The first-order valence-corrected chi connectivity index (χ1v) is 11.7. The van der Waals surface area contributed by atoms with Gasteiger partial charge in [-0.15, -0.1) is 12.4 Å². The molecule has 0 radical (unpaired) electrons. The molecule has 0 aromatic heterocycles. The second-order valence-corrected chi connectivity index (χ2v) is 8.95. The van der Waals surface area contributed by atoms with Gasteiger partial charge in [0.1, 0.15) is 5.75 Å². The zero-order valence-corrected chi connectivity index (χ0v) is 21.0. The minimum Gasteiger partial charge on any atom is -0.494 e. The highest BCUT2D eigenvalue weighted by Crippen LogP contribution is 2.22. The van der Waals surface area contributed by atoms with Gasteiger partial charge in [-0.3, -0.25) is 14.4 Å². The Balaban J connectivity index is 0.00000432. The molecule has 2 amide bonds. The van der Waals surface area contributed by atoms with Crippen molar-refractivity contribution in [2.45, 2.75) is 58.7 Å². The normalized spacial score (nSPS) is 12.9. The number of carboxylic acid groups (broad SMARTS) is 1. The van der Waals surface area contributed by atoms with Crippen LogP contribution < -0.4 is 20.7 Å². The van der Waals surface area contributed by atoms with Crippen LogP contribution in [0.2, 0.25) is 0 Å². The Hall–Kier alpha value is -3.10. The highest BCUT2D eigenvalue weighted by molar-refractivity contribution is 5.93. The van der Waals surface area contributed by atoms with Crippen molar-refractivity contribution in [3.8, 4) is 5.75 Å². The van der Waals surface area contributed by atoms with Crippen LogP contribution >= 0.6 is 12.4 Å². The van der Waals surface area contributed by atoms with Crippen LogP contribution in [0.15, 0.2) is 42.5 Å². The molecule has 190 valence electrons. The fourth-order valence-electron chi connectivity index (χ4n) is 3.73. The molecule has 0 bridgehead atoms. The number of anilines is 1. The molecule has 3 rings (SSSR count). The van der Waals surface area contributed by atoms with Crippen molar-refractivity contribution in [2.24, 2.45) is 5.92 Å². The number of aliphatic carboxylic acids is 1. The van der Waals surface area contributed by atoms with Gasteiger partial charge in [-0.25, -0.2) is 0 Å². The van der Waals surface area contributed by atoms with E-state index in [1.807, 2.05) is 18.2 Å². The molecule has 0 saturated carbocycles. The molecule has 1 aliphatic heterocycles. The number of hydrogen-bond acceptors (Lipinski definition) is 5. The summed E-state index contributed by atoms with van der Waals surface area (Å²) in [5.74, 6) is -0.423. The van der Waals surface area contributed by atoms with Crippen molar-refractivity contribution in [2.75, 3.05) is 11.9 Å². The van der Waals surface area contributed by atoms with E-state index in [4.69, 9.17) is 4.74 Å². The summed E-state index contributed by atoms with van der Waals surface area (Å²) < 4.78 is 5.70. The highest BCUT2D eigenvalue weighted by Gasteiger charge is 2.19. The molecule has 1 unspecified atom stereocenters. The summed E-state index contributed by atoms with van der Waals surface area (Å²) in [6, 6.07) is 12.1. The number of carboxylic acids is 1. The molecule has 0 spiro atoms. The lowest BCUT2D eigenvalue weighted by Gasteiger charge is -2.18. The van der Waals surface area contributed by atoms with Crippen LogP contribution in [0.1, 0.15) is 62.3 Å². The minimum absolute atomic E-state index is 0. The van der Waals surface area contributed by atoms with E-state index in [9.17, 15) is 19.5 Å². The summed E-state index contributed by atoms with van der Waals surface area (Å²) >= 11 is 0. The molecule has 1 atom stereocenters. The molecule has 8 nitrogen and oxygen atoms in total. The van der Waals surface area contributed by atoms with Crippen LogP contribution in [-0.2, 0) is 27.5 Å². The first kappa shape index (κ1) is 28.1. The van der Waals surface area contributed by atoms with Gasteiger partial charge >= 0.3 is 5.97 Å². The number of carbonyl (C=O) groups is 3. The molecule has 4 N–H and O–H groups in total. The maximum atomic E-state index is 12.5. The molecular formula is C26H34ClN3O5. The molecule has 0 fully saturated rings. The lowest BCUT2D eigenvalue weighted by Crippen LogP contribution is -2.30. The van der Waals surface area contributed by atoms with Gasteiger partial charge in [0.15, 0.2) is 0 Å². The average molecular weight is 504 g/mol. The van der Waals surface area contributed by atoms with Crippen molar-refractivity contribution >= 4 is 35.9 Å². The van der Waals surface area contributed by atoms with Gasteiger partial charge in [-0.05, 0) is 53.3 Å². The van der Waals surface area contributed by atoms with E-state index >= 15 is 0 Å². The Morgan fingerprint density at radius 2 is 1.69 bits per heavy atom. The van der Waals surface area contributed by atoms with Crippen LogP contribution in [0.25, 0.3) is 0 Å². The smallest absolute Gasteiger partial charge is 0.305 e. The topological polar surface area (TPSA) is 117 Å². The third kappa shape index (κ3) is 9.22. The Morgan fingerprint density at radius 1 is 1.00 bits per heavy atom. The number of benzene rings is 2. The van der Waals surface area contributed by atoms with Gasteiger partial charge in [0, 0.05) is 31.6 Å². The number of hydrogen-bond donors (Lipinski definition) is 4. The van der Waals surface area contributed by atoms with E-state index in [2.05, 4.69) is 29.8 Å². The quantitative estimate of drug-likeness (QED) is 0.345. The van der Waals surface area contributed by atoms with Crippen LogP contribution in [0.4, 0.5) is 5.69 Å². The summed E-state index contributed by atoms with van der Waals surface area (Å²) in [5, 5.41) is 18.1. The zero-order chi connectivity index (χ0) is 24.5. The fraction of sp³-hybridized carbons (Fsp3) is 0.423. The third-order valence-electron chi connectivity index (χ3n) is 5.66. The largest absolute Gasteiger partial charge is 0.494 e. The van der Waals surface area contributed by atoms with Gasteiger partial charge < -0.3 is 25.8 Å². The van der Waals surface area contributed by atoms with E-state index in [1.54, 1.807) is 24.3 Å². The molecule has 35 heavy (non-hydrogen) atoms. The van der Waals surface area contributed by atoms with E-state index in [0.717, 1.165) is 25.1 Å². The first-order chi connectivity index (χ1) is 16.3. The van der Waals surface area contributed by atoms with Gasteiger partial charge in [0.2, 0.25) is 11.8 Å². The molecule has 1 heterocycles. The summed E-state index contributed by atoms with van der Waals surface area (Å²) in [6.07, 6.45) is 0.653. The van der Waals surface area contributed by atoms with E-state index in [-0.39, 0.29) is 43.5 Å². The maximum absolute atomic E-state index is 12.5. The van der Waals surface area contributed by atoms with Crippen molar-refractivity contribution in [1.29, 1.82) is 0 Å². The zero-order valence-electron chi connectivity index (χ0n) is 20.1.